The molecule has 0 spiro atoms. The maximum atomic E-state index is 13.4. The zero-order valence-corrected chi connectivity index (χ0v) is 16.3. The van der Waals surface area contributed by atoms with Gasteiger partial charge in [-0.2, -0.15) is 4.31 Å². The van der Waals surface area contributed by atoms with Crippen molar-refractivity contribution in [2.45, 2.75) is 31.6 Å². The highest BCUT2D eigenvalue weighted by atomic mass is 32.2. The molecule has 0 saturated carbocycles. The molecule has 27 heavy (non-hydrogen) atoms. The van der Waals surface area contributed by atoms with Crippen LogP contribution in [0.5, 0.6) is 0 Å². The molecule has 0 N–H and O–H groups in total. The van der Waals surface area contributed by atoms with Crippen LogP contribution in [0, 0.1) is 18.6 Å². The van der Waals surface area contributed by atoms with Gasteiger partial charge in [-0.3, -0.25) is 0 Å². The zero-order chi connectivity index (χ0) is 19.8. The molecule has 0 radical (unpaired) electrons. The van der Waals surface area contributed by atoms with E-state index in [1.165, 1.54) is 4.31 Å². The predicted octanol–water partition coefficient (Wildman–Crippen LogP) is 2.70. The molecule has 2 heterocycles. The van der Waals surface area contributed by atoms with Gasteiger partial charge in [0.25, 0.3) is 0 Å². The number of benzene rings is 1. The lowest BCUT2D eigenvalue weighted by molar-refractivity contribution is 0.383. The largest absolute Gasteiger partial charge is 0.354 e. The summed E-state index contributed by atoms with van der Waals surface area (Å²) >= 11 is 0. The van der Waals surface area contributed by atoms with E-state index in [4.69, 9.17) is 0 Å². The highest BCUT2D eigenvalue weighted by Crippen LogP contribution is 2.23. The van der Waals surface area contributed by atoms with Crippen molar-refractivity contribution in [2.24, 2.45) is 0 Å². The lowest BCUT2D eigenvalue weighted by atomic mass is 10.2. The third-order valence-electron chi connectivity index (χ3n) is 4.41. The number of piperazine rings is 1. The van der Waals surface area contributed by atoms with Gasteiger partial charge in [0.15, 0.2) is 0 Å². The minimum atomic E-state index is -3.95. The van der Waals surface area contributed by atoms with Gasteiger partial charge < -0.3 is 4.90 Å². The Morgan fingerprint density at radius 1 is 0.963 bits per heavy atom. The summed E-state index contributed by atoms with van der Waals surface area (Å²) in [6.45, 7) is 7.22. The van der Waals surface area contributed by atoms with Crippen LogP contribution in [0.3, 0.4) is 0 Å². The van der Waals surface area contributed by atoms with Crippen LogP contribution >= 0.6 is 0 Å². The Morgan fingerprint density at radius 3 is 2.11 bits per heavy atom. The van der Waals surface area contributed by atoms with Gasteiger partial charge in [-0.15, -0.1) is 0 Å². The third-order valence-corrected chi connectivity index (χ3v) is 6.29. The first-order valence-corrected chi connectivity index (χ1v) is 10.2. The first-order chi connectivity index (χ1) is 12.7. The molecule has 3 rings (SSSR count). The normalized spacial score (nSPS) is 16.1. The average Bonchev–Trinajstić information content (AvgIpc) is 2.60. The second-order valence-electron chi connectivity index (χ2n) is 6.88. The first kappa shape index (κ1) is 19.6. The molecule has 6 nitrogen and oxygen atoms in total. The number of hydrogen-bond donors (Lipinski definition) is 0. The Morgan fingerprint density at radius 2 is 1.56 bits per heavy atom. The number of halogens is 2. The van der Waals surface area contributed by atoms with Crippen LogP contribution in [-0.2, 0) is 10.0 Å². The van der Waals surface area contributed by atoms with Crippen LogP contribution < -0.4 is 4.90 Å². The van der Waals surface area contributed by atoms with E-state index < -0.39 is 21.7 Å². The molecule has 9 heteroatoms. The molecular weight excluding hydrogens is 374 g/mol. The van der Waals surface area contributed by atoms with Crippen molar-refractivity contribution in [3.05, 3.63) is 47.4 Å². The third kappa shape index (κ3) is 4.24. The van der Waals surface area contributed by atoms with Crippen LogP contribution in [0.4, 0.5) is 14.6 Å². The van der Waals surface area contributed by atoms with E-state index in [1.807, 2.05) is 31.7 Å². The van der Waals surface area contributed by atoms with Gasteiger partial charge in [0.05, 0.1) is 4.90 Å². The van der Waals surface area contributed by atoms with Crippen molar-refractivity contribution in [3.8, 4) is 0 Å². The summed E-state index contributed by atoms with van der Waals surface area (Å²) in [5.41, 5.74) is 0.856. The molecule has 1 saturated heterocycles. The van der Waals surface area contributed by atoms with Crippen LogP contribution in [0.25, 0.3) is 0 Å². The summed E-state index contributed by atoms with van der Waals surface area (Å²) in [6.07, 6.45) is 0. The molecule has 2 aromatic rings. The van der Waals surface area contributed by atoms with Gasteiger partial charge in [0.1, 0.15) is 23.3 Å². The fourth-order valence-electron chi connectivity index (χ4n) is 2.98. The molecule has 0 amide bonds. The van der Waals surface area contributed by atoms with Crippen LogP contribution in [0.1, 0.15) is 31.3 Å². The molecule has 146 valence electrons. The average molecular weight is 396 g/mol. The Bertz CT molecular complexity index is 922. The summed E-state index contributed by atoms with van der Waals surface area (Å²) in [5.74, 6) is -0.127. The molecule has 0 aliphatic carbocycles. The molecule has 1 fully saturated rings. The highest BCUT2D eigenvalue weighted by molar-refractivity contribution is 7.89. The van der Waals surface area contributed by atoms with Gasteiger partial charge in [-0.1, -0.05) is 13.8 Å². The molecular formula is C18H22F2N4O2S. The molecule has 0 bridgehead atoms. The van der Waals surface area contributed by atoms with Crippen molar-refractivity contribution in [3.63, 3.8) is 0 Å². The smallest absolute Gasteiger partial charge is 0.243 e. The van der Waals surface area contributed by atoms with E-state index in [0.29, 0.717) is 19.2 Å². The number of anilines is 1. The monoisotopic (exact) mass is 396 g/mol. The second-order valence-corrected chi connectivity index (χ2v) is 8.81. The summed E-state index contributed by atoms with van der Waals surface area (Å²) < 4.78 is 53.4. The summed E-state index contributed by atoms with van der Waals surface area (Å²) in [7, 11) is -3.95. The Hall–Kier alpha value is -2.13. The lowest BCUT2D eigenvalue weighted by Crippen LogP contribution is -2.49. The Balaban J connectivity index is 1.77. The van der Waals surface area contributed by atoms with E-state index in [9.17, 15) is 17.2 Å². The predicted molar refractivity (Wildman–Crippen MR) is 98.2 cm³/mol. The fourth-order valence-corrected chi connectivity index (χ4v) is 4.44. The first-order valence-electron chi connectivity index (χ1n) is 8.73. The van der Waals surface area contributed by atoms with E-state index in [0.717, 1.165) is 29.5 Å². The molecule has 0 atom stereocenters. The molecule has 1 aliphatic rings. The standard InChI is InChI=1S/C18H22F2N4O2S/c1-12(2)18-21-13(3)8-17(22-18)23-4-6-24(7-5-23)27(25,26)16-10-14(19)9-15(20)11-16/h8-12H,4-7H2,1-3H3. The summed E-state index contributed by atoms with van der Waals surface area (Å²) in [6, 6.07) is 4.21. The Labute approximate surface area is 157 Å². The van der Waals surface area contributed by atoms with E-state index in [-0.39, 0.29) is 23.9 Å². The Kier molecular flexibility index (Phi) is 5.43. The summed E-state index contributed by atoms with van der Waals surface area (Å²) in [4.78, 5) is 10.6. The summed E-state index contributed by atoms with van der Waals surface area (Å²) in [5, 5.41) is 0. The number of nitrogens with zero attached hydrogens (tertiary/aromatic N) is 4. The van der Waals surface area contributed by atoms with Crippen molar-refractivity contribution >= 4 is 15.8 Å². The fraction of sp³-hybridized carbons (Fsp3) is 0.444. The van der Waals surface area contributed by atoms with Gasteiger partial charge >= 0.3 is 0 Å². The number of hydrogen-bond acceptors (Lipinski definition) is 5. The van der Waals surface area contributed by atoms with Gasteiger partial charge in [0, 0.05) is 49.9 Å². The van der Waals surface area contributed by atoms with Gasteiger partial charge in [-0.25, -0.2) is 27.2 Å². The number of aromatic nitrogens is 2. The number of sulfonamides is 1. The van der Waals surface area contributed by atoms with E-state index in [1.54, 1.807) is 0 Å². The van der Waals surface area contributed by atoms with Crippen LogP contribution in [-0.4, -0.2) is 48.9 Å². The van der Waals surface area contributed by atoms with Crippen molar-refractivity contribution in [1.29, 1.82) is 0 Å². The SMILES string of the molecule is Cc1cc(N2CCN(S(=O)(=O)c3cc(F)cc(F)c3)CC2)nc(C(C)C)n1. The number of rotatable bonds is 4. The van der Waals surface area contributed by atoms with Crippen molar-refractivity contribution in [1.82, 2.24) is 14.3 Å². The highest BCUT2D eigenvalue weighted by Gasteiger charge is 2.30. The topological polar surface area (TPSA) is 66.4 Å². The zero-order valence-electron chi connectivity index (χ0n) is 15.5. The van der Waals surface area contributed by atoms with Gasteiger partial charge in [-0.05, 0) is 19.1 Å². The van der Waals surface area contributed by atoms with E-state index in [2.05, 4.69) is 9.97 Å². The number of aryl methyl sites for hydroxylation is 1. The molecule has 1 aromatic heterocycles. The van der Waals surface area contributed by atoms with Crippen molar-refractivity contribution in [2.75, 3.05) is 31.1 Å². The van der Waals surface area contributed by atoms with Crippen LogP contribution in [0.15, 0.2) is 29.2 Å². The molecule has 1 aromatic carbocycles. The van der Waals surface area contributed by atoms with Crippen LogP contribution in [0.2, 0.25) is 0 Å². The lowest BCUT2D eigenvalue weighted by Gasteiger charge is -2.35. The van der Waals surface area contributed by atoms with E-state index >= 15 is 0 Å². The van der Waals surface area contributed by atoms with Crippen molar-refractivity contribution < 1.29 is 17.2 Å². The second kappa shape index (κ2) is 7.47. The molecule has 1 aliphatic heterocycles. The maximum Gasteiger partial charge on any atom is 0.243 e. The minimum absolute atomic E-state index is 0.188. The quantitative estimate of drug-likeness (QED) is 0.795. The molecule has 0 unspecified atom stereocenters. The van der Waals surface area contributed by atoms with Gasteiger partial charge in [0.2, 0.25) is 10.0 Å². The minimum Gasteiger partial charge on any atom is -0.354 e. The maximum absolute atomic E-state index is 13.4.